The number of esters is 1. The van der Waals surface area contributed by atoms with Gasteiger partial charge >= 0.3 is 5.97 Å². The van der Waals surface area contributed by atoms with E-state index in [9.17, 15) is 4.79 Å². The van der Waals surface area contributed by atoms with Gasteiger partial charge in [0.05, 0.1) is 6.10 Å². The van der Waals surface area contributed by atoms with Crippen molar-refractivity contribution < 1.29 is 9.53 Å². The molecule has 0 aromatic heterocycles. The molecule has 0 atom stereocenters. The van der Waals surface area contributed by atoms with Crippen LogP contribution >= 0.6 is 0 Å². The standard InChI is InChI=1S/C7H13NO2/c1-5(2)10-6(9)7(8)3-4-7/h5H,3-4,8H2,1-2H3. The lowest BCUT2D eigenvalue weighted by atomic mass is 10.3. The monoisotopic (exact) mass is 143 g/mol. The van der Waals surface area contributed by atoms with Crippen LogP contribution in [0.1, 0.15) is 26.7 Å². The van der Waals surface area contributed by atoms with Crippen LogP contribution in [0.25, 0.3) is 0 Å². The quantitative estimate of drug-likeness (QED) is 0.570. The average Bonchev–Trinajstić information content (AvgIpc) is 2.47. The molecular formula is C7H13NO2. The first-order valence-corrected chi connectivity index (χ1v) is 3.54. The van der Waals surface area contributed by atoms with Crippen molar-refractivity contribution >= 4 is 5.97 Å². The van der Waals surface area contributed by atoms with Gasteiger partial charge in [0.15, 0.2) is 0 Å². The maximum atomic E-state index is 11.0. The van der Waals surface area contributed by atoms with Crippen LogP contribution < -0.4 is 5.73 Å². The maximum Gasteiger partial charge on any atom is 0.326 e. The van der Waals surface area contributed by atoms with Crippen LogP contribution in [0.15, 0.2) is 0 Å². The summed E-state index contributed by atoms with van der Waals surface area (Å²) in [5, 5.41) is 0. The van der Waals surface area contributed by atoms with Crippen LogP contribution in [0.3, 0.4) is 0 Å². The Morgan fingerprint density at radius 1 is 1.60 bits per heavy atom. The van der Waals surface area contributed by atoms with E-state index in [1.165, 1.54) is 0 Å². The molecule has 0 aromatic rings. The first-order valence-electron chi connectivity index (χ1n) is 3.54. The summed E-state index contributed by atoms with van der Waals surface area (Å²) in [7, 11) is 0. The Morgan fingerprint density at radius 2 is 2.10 bits per heavy atom. The highest BCUT2D eigenvalue weighted by atomic mass is 16.5. The van der Waals surface area contributed by atoms with E-state index in [4.69, 9.17) is 10.5 Å². The van der Waals surface area contributed by atoms with Crippen LogP contribution in [0, 0.1) is 0 Å². The number of hydrogen-bond acceptors (Lipinski definition) is 3. The topological polar surface area (TPSA) is 52.3 Å². The third kappa shape index (κ3) is 1.48. The first-order chi connectivity index (χ1) is 4.54. The highest BCUT2D eigenvalue weighted by Crippen LogP contribution is 2.33. The fraction of sp³-hybridized carbons (Fsp3) is 0.857. The van der Waals surface area contributed by atoms with Crippen LogP contribution in [-0.2, 0) is 9.53 Å². The summed E-state index contributed by atoms with van der Waals surface area (Å²) < 4.78 is 4.91. The van der Waals surface area contributed by atoms with Gasteiger partial charge in [-0.1, -0.05) is 0 Å². The van der Waals surface area contributed by atoms with Crippen LogP contribution in [0.5, 0.6) is 0 Å². The van der Waals surface area contributed by atoms with Crippen molar-refractivity contribution in [2.75, 3.05) is 0 Å². The number of carbonyl (C=O) groups excluding carboxylic acids is 1. The molecule has 1 saturated carbocycles. The maximum absolute atomic E-state index is 11.0. The molecule has 1 fully saturated rings. The number of rotatable bonds is 2. The lowest BCUT2D eigenvalue weighted by molar-refractivity contribution is -0.150. The highest BCUT2D eigenvalue weighted by Gasteiger charge is 2.47. The zero-order chi connectivity index (χ0) is 7.78. The van der Waals surface area contributed by atoms with E-state index < -0.39 is 5.54 Å². The van der Waals surface area contributed by atoms with Gasteiger partial charge in [-0.05, 0) is 26.7 Å². The molecule has 0 spiro atoms. The Kier molecular flexibility index (Phi) is 1.68. The van der Waals surface area contributed by atoms with Gasteiger partial charge in [0.1, 0.15) is 5.54 Å². The number of ether oxygens (including phenoxy) is 1. The molecule has 0 heterocycles. The van der Waals surface area contributed by atoms with E-state index >= 15 is 0 Å². The number of hydrogen-bond donors (Lipinski definition) is 1. The van der Waals surface area contributed by atoms with E-state index in [-0.39, 0.29) is 12.1 Å². The molecular weight excluding hydrogens is 130 g/mol. The summed E-state index contributed by atoms with van der Waals surface area (Å²) in [5.41, 5.74) is 4.94. The van der Waals surface area contributed by atoms with Gasteiger partial charge in [-0.25, -0.2) is 0 Å². The molecule has 0 unspecified atom stereocenters. The SMILES string of the molecule is CC(C)OC(=O)C1(N)CC1. The second kappa shape index (κ2) is 2.23. The minimum atomic E-state index is -0.621. The van der Waals surface area contributed by atoms with Crippen molar-refractivity contribution in [1.82, 2.24) is 0 Å². The smallest absolute Gasteiger partial charge is 0.326 e. The van der Waals surface area contributed by atoms with Gasteiger partial charge in [-0.15, -0.1) is 0 Å². The fourth-order valence-electron chi connectivity index (χ4n) is 0.670. The zero-order valence-electron chi connectivity index (χ0n) is 6.39. The van der Waals surface area contributed by atoms with Crippen molar-refractivity contribution in [2.45, 2.75) is 38.3 Å². The van der Waals surface area contributed by atoms with Crippen molar-refractivity contribution in [3.63, 3.8) is 0 Å². The molecule has 0 saturated heterocycles. The second-order valence-electron chi connectivity index (χ2n) is 3.11. The summed E-state index contributed by atoms with van der Waals surface area (Å²) in [6, 6.07) is 0. The van der Waals surface area contributed by atoms with Gasteiger partial charge in [-0.3, -0.25) is 4.79 Å². The van der Waals surface area contributed by atoms with Crippen LogP contribution in [0.2, 0.25) is 0 Å². The van der Waals surface area contributed by atoms with Crippen molar-refractivity contribution in [3.8, 4) is 0 Å². The predicted octanol–water partition coefficient (Wildman–Crippen LogP) is 0.429. The first kappa shape index (κ1) is 7.54. The summed E-state index contributed by atoms with van der Waals surface area (Å²) in [6.07, 6.45) is 1.51. The summed E-state index contributed by atoms with van der Waals surface area (Å²) >= 11 is 0. The summed E-state index contributed by atoms with van der Waals surface area (Å²) in [6.45, 7) is 3.65. The molecule has 0 amide bonds. The van der Waals surface area contributed by atoms with Crippen molar-refractivity contribution in [2.24, 2.45) is 5.73 Å². The molecule has 1 rings (SSSR count). The molecule has 58 valence electrons. The minimum Gasteiger partial charge on any atom is -0.462 e. The lowest BCUT2D eigenvalue weighted by Gasteiger charge is -2.11. The Bertz CT molecular complexity index is 150. The summed E-state index contributed by atoms with van der Waals surface area (Å²) in [4.78, 5) is 11.0. The van der Waals surface area contributed by atoms with E-state index in [1.54, 1.807) is 0 Å². The van der Waals surface area contributed by atoms with E-state index in [1.807, 2.05) is 13.8 Å². The molecule has 10 heavy (non-hydrogen) atoms. The minimum absolute atomic E-state index is 0.0477. The number of carbonyl (C=O) groups is 1. The van der Waals surface area contributed by atoms with Gasteiger partial charge in [-0.2, -0.15) is 0 Å². The van der Waals surface area contributed by atoms with E-state index in [2.05, 4.69) is 0 Å². The lowest BCUT2D eigenvalue weighted by Crippen LogP contribution is -2.35. The fourth-order valence-corrected chi connectivity index (χ4v) is 0.670. The van der Waals surface area contributed by atoms with Gasteiger partial charge in [0.2, 0.25) is 0 Å². The largest absolute Gasteiger partial charge is 0.462 e. The number of nitrogens with two attached hydrogens (primary N) is 1. The predicted molar refractivity (Wildman–Crippen MR) is 37.4 cm³/mol. The molecule has 3 heteroatoms. The molecule has 2 N–H and O–H groups in total. The average molecular weight is 143 g/mol. The Balaban J connectivity index is 2.35. The third-order valence-corrected chi connectivity index (χ3v) is 1.54. The van der Waals surface area contributed by atoms with Gasteiger partial charge in [0, 0.05) is 0 Å². The van der Waals surface area contributed by atoms with E-state index in [0.717, 1.165) is 12.8 Å². The Labute approximate surface area is 60.5 Å². The van der Waals surface area contributed by atoms with Gasteiger partial charge in [0.25, 0.3) is 0 Å². The van der Waals surface area contributed by atoms with Crippen LogP contribution in [-0.4, -0.2) is 17.6 Å². The normalized spacial score (nSPS) is 20.8. The van der Waals surface area contributed by atoms with Gasteiger partial charge < -0.3 is 10.5 Å². The molecule has 0 aliphatic heterocycles. The molecule has 0 bridgehead atoms. The van der Waals surface area contributed by atoms with E-state index in [0.29, 0.717) is 0 Å². The second-order valence-corrected chi connectivity index (χ2v) is 3.11. The third-order valence-electron chi connectivity index (χ3n) is 1.54. The summed E-state index contributed by atoms with van der Waals surface area (Å²) in [5.74, 6) is -0.248. The Hall–Kier alpha value is -0.570. The molecule has 1 aliphatic carbocycles. The molecule has 0 radical (unpaired) electrons. The van der Waals surface area contributed by atoms with Crippen LogP contribution in [0.4, 0.5) is 0 Å². The van der Waals surface area contributed by atoms with Crippen molar-refractivity contribution in [3.05, 3.63) is 0 Å². The zero-order valence-corrected chi connectivity index (χ0v) is 6.39. The Morgan fingerprint density at radius 3 is 2.40 bits per heavy atom. The van der Waals surface area contributed by atoms with Crippen molar-refractivity contribution in [1.29, 1.82) is 0 Å². The molecule has 1 aliphatic rings. The molecule has 3 nitrogen and oxygen atoms in total. The highest BCUT2D eigenvalue weighted by molar-refractivity contribution is 5.83. The molecule has 0 aromatic carbocycles.